The molecule has 0 saturated carbocycles. The van der Waals surface area contributed by atoms with Crippen LogP contribution < -0.4 is 4.90 Å². The van der Waals surface area contributed by atoms with Gasteiger partial charge in [-0.1, -0.05) is 206 Å². The Labute approximate surface area is 367 Å². The van der Waals surface area contributed by atoms with Crippen molar-refractivity contribution in [1.29, 1.82) is 0 Å². The van der Waals surface area contributed by atoms with Crippen molar-refractivity contribution in [2.24, 2.45) is 0 Å². The van der Waals surface area contributed by atoms with Gasteiger partial charge >= 0.3 is 0 Å². The number of fused-ring (bicyclic) bond motifs is 6. The second-order valence-corrected chi connectivity index (χ2v) is 16.3. The number of nitrogens with zero attached hydrogens (tertiary/aromatic N) is 3. The summed E-state index contributed by atoms with van der Waals surface area (Å²) in [6.07, 6.45) is 0. The van der Waals surface area contributed by atoms with E-state index in [0.717, 1.165) is 67.0 Å². The molecule has 1 aliphatic rings. The molecule has 2 aromatic heterocycles. The summed E-state index contributed by atoms with van der Waals surface area (Å²) in [6, 6.07) is 90.1. The lowest BCUT2D eigenvalue weighted by molar-refractivity contribution is 0.768. The Hall–Kier alpha value is -8.27. The molecular weight excluding hydrogens is 763 g/mol. The van der Waals surface area contributed by atoms with Gasteiger partial charge in [0.25, 0.3) is 0 Å². The summed E-state index contributed by atoms with van der Waals surface area (Å²) < 4.78 is 2.17. The molecule has 3 nitrogen and oxygen atoms in total. The van der Waals surface area contributed by atoms with E-state index in [1.165, 1.54) is 33.4 Å². The fraction of sp³-hybridized carbons (Fsp3) is 0.0167. The van der Waals surface area contributed by atoms with Crippen LogP contribution in [0, 0.1) is 0 Å². The minimum Gasteiger partial charge on any atom is -0.310 e. The molecular formula is C60H41N3. The largest absolute Gasteiger partial charge is 0.310 e. The fourth-order valence-corrected chi connectivity index (χ4v) is 10.2. The highest BCUT2D eigenvalue weighted by atomic mass is 15.2. The van der Waals surface area contributed by atoms with Crippen molar-refractivity contribution in [1.82, 2.24) is 9.61 Å². The first-order valence-electron chi connectivity index (χ1n) is 21.6. The normalized spacial score (nSPS) is 12.6. The van der Waals surface area contributed by atoms with Gasteiger partial charge in [-0.25, -0.2) is 4.52 Å². The SMILES string of the molecule is c1ccc(-c2nn3c(-c4ccccc4)cc4cc(N(c5ccccc5)c5ccc6c(c5)C(c5ccccc5)(c5ccccc5)c5ccccc5-6)ccc4c3c2-c2ccccc2)cc1. The fourth-order valence-electron chi connectivity index (χ4n) is 10.2. The molecule has 0 amide bonds. The maximum atomic E-state index is 5.46. The highest BCUT2D eigenvalue weighted by Gasteiger charge is 2.46. The first-order chi connectivity index (χ1) is 31.3. The van der Waals surface area contributed by atoms with Gasteiger partial charge < -0.3 is 4.90 Å². The van der Waals surface area contributed by atoms with E-state index in [0.29, 0.717) is 0 Å². The van der Waals surface area contributed by atoms with E-state index in [4.69, 9.17) is 5.10 Å². The quantitative estimate of drug-likeness (QED) is 0.153. The first kappa shape index (κ1) is 36.6. The zero-order valence-corrected chi connectivity index (χ0v) is 34.5. The molecule has 11 aromatic rings. The number of aromatic nitrogens is 2. The number of anilines is 3. The van der Waals surface area contributed by atoms with Gasteiger partial charge in [0.15, 0.2) is 0 Å². The number of rotatable bonds is 8. The van der Waals surface area contributed by atoms with Gasteiger partial charge in [0.1, 0.15) is 5.69 Å². The van der Waals surface area contributed by atoms with Gasteiger partial charge in [-0.05, 0) is 86.8 Å². The molecule has 0 aliphatic heterocycles. The van der Waals surface area contributed by atoms with Crippen LogP contribution in [0.1, 0.15) is 22.3 Å². The topological polar surface area (TPSA) is 20.5 Å². The molecule has 12 rings (SSSR count). The lowest BCUT2D eigenvalue weighted by atomic mass is 9.67. The van der Waals surface area contributed by atoms with Gasteiger partial charge in [-0.15, -0.1) is 0 Å². The van der Waals surface area contributed by atoms with Gasteiger partial charge in [-0.2, -0.15) is 5.10 Å². The van der Waals surface area contributed by atoms with Crippen LogP contribution in [0.2, 0.25) is 0 Å². The smallest absolute Gasteiger partial charge is 0.101 e. The van der Waals surface area contributed by atoms with Crippen LogP contribution >= 0.6 is 0 Å². The molecule has 63 heavy (non-hydrogen) atoms. The Bertz CT molecular complexity index is 3380. The predicted molar refractivity (Wildman–Crippen MR) is 261 cm³/mol. The highest BCUT2D eigenvalue weighted by molar-refractivity contribution is 6.09. The third-order valence-corrected chi connectivity index (χ3v) is 12.8. The maximum absolute atomic E-state index is 5.46. The van der Waals surface area contributed by atoms with E-state index in [-0.39, 0.29) is 0 Å². The maximum Gasteiger partial charge on any atom is 0.101 e. The Kier molecular flexibility index (Phi) is 8.72. The number of para-hydroxylation sites is 1. The lowest BCUT2D eigenvalue weighted by Crippen LogP contribution is -2.28. The molecule has 296 valence electrons. The van der Waals surface area contributed by atoms with Crippen molar-refractivity contribution in [3.05, 3.63) is 271 Å². The van der Waals surface area contributed by atoms with Crippen molar-refractivity contribution in [2.45, 2.75) is 5.41 Å². The number of pyridine rings is 1. The summed E-state index contributed by atoms with van der Waals surface area (Å²) >= 11 is 0. The zero-order valence-electron chi connectivity index (χ0n) is 34.5. The Morgan fingerprint density at radius 2 is 0.889 bits per heavy atom. The van der Waals surface area contributed by atoms with E-state index >= 15 is 0 Å². The summed E-state index contributed by atoms with van der Waals surface area (Å²) in [4.78, 5) is 2.42. The summed E-state index contributed by atoms with van der Waals surface area (Å²) in [7, 11) is 0. The van der Waals surface area contributed by atoms with Crippen molar-refractivity contribution >= 4 is 33.4 Å². The molecule has 0 fully saturated rings. The number of hydrogen-bond acceptors (Lipinski definition) is 2. The monoisotopic (exact) mass is 803 g/mol. The van der Waals surface area contributed by atoms with Crippen molar-refractivity contribution in [2.75, 3.05) is 4.90 Å². The van der Waals surface area contributed by atoms with E-state index in [9.17, 15) is 0 Å². The Morgan fingerprint density at radius 3 is 1.54 bits per heavy atom. The molecule has 0 bridgehead atoms. The van der Waals surface area contributed by atoms with Crippen molar-refractivity contribution < 1.29 is 0 Å². The van der Waals surface area contributed by atoms with Crippen LogP contribution in [0.15, 0.2) is 249 Å². The molecule has 0 unspecified atom stereocenters. The summed E-state index contributed by atoms with van der Waals surface area (Å²) in [6.45, 7) is 0. The average Bonchev–Trinajstić information content (AvgIpc) is 3.91. The number of benzene rings is 9. The van der Waals surface area contributed by atoms with Gasteiger partial charge in [-0.3, -0.25) is 0 Å². The first-order valence-corrected chi connectivity index (χ1v) is 21.6. The minimum atomic E-state index is -0.515. The molecule has 0 saturated heterocycles. The summed E-state index contributed by atoms with van der Waals surface area (Å²) in [5.74, 6) is 0. The standard InChI is InChI=1S/C60H41N3/c1-7-21-42(22-8-1)56-40-45-39-49(35-37-51(45)59-57(43-23-9-2-10-24-43)58(61-63(56)59)44-25-11-3-12-26-44)62(48-31-17-6-18-32-48)50-36-38-53-52-33-19-20-34-54(52)60(55(53)41-50,46-27-13-4-14-28-46)47-29-15-5-16-30-47/h1-41H. The van der Waals surface area contributed by atoms with Gasteiger partial charge in [0.2, 0.25) is 0 Å². The van der Waals surface area contributed by atoms with Crippen LogP contribution in [-0.4, -0.2) is 9.61 Å². The Balaban J connectivity index is 1.13. The molecule has 0 radical (unpaired) electrons. The van der Waals surface area contributed by atoms with Gasteiger partial charge in [0, 0.05) is 39.1 Å². The van der Waals surface area contributed by atoms with Gasteiger partial charge in [0.05, 0.1) is 16.6 Å². The zero-order chi connectivity index (χ0) is 41.7. The highest BCUT2D eigenvalue weighted by Crippen LogP contribution is 2.57. The van der Waals surface area contributed by atoms with E-state index in [1.54, 1.807) is 0 Å². The Morgan fingerprint density at radius 1 is 0.381 bits per heavy atom. The minimum absolute atomic E-state index is 0.515. The molecule has 0 spiro atoms. The molecule has 0 atom stereocenters. The van der Waals surface area contributed by atoms with Crippen LogP contribution in [0.4, 0.5) is 17.1 Å². The molecule has 1 aliphatic carbocycles. The second kappa shape index (κ2) is 15.0. The number of hydrogen-bond donors (Lipinski definition) is 0. The van der Waals surface area contributed by atoms with Crippen molar-refractivity contribution in [3.8, 4) is 44.8 Å². The van der Waals surface area contributed by atoms with E-state index < -0.39 is 5.41 Å². The van der Waals surface area contributed by atoms with Crippen LogP contribution in [0.25, 0.3) is 61.1 Å². The second-order valence-electron chi connectivity index (χ2n) is 16.3. The summed E-state index contributed by atoms with van der Waals surface area (Å²) in [5.41, 5.74) is 17.8. The van der Waals surface area contributed by atoms with Crippen LogP contribution in [0.3, 0.4) is 0 Å². The van der Waals surface area contributed by atoms with Crippen molar-refractivity contribution in [3.63, 3.8) is 0 Å². The summed E-state index contributed by atoms with van der Waals surface area (Å²) in [5, 5.41) is 7.73. The van der Waals surface area contributed by atoms with Crippen LogP contribution in [-0.2, 0) is 5.41 Å². The average molecular weight is 804 g/mol. The van der Waals surface area contributed by atoms with E-state index in [1.807, 2.05) is 0 Å². The molecule has 3 heteroatoms. The van der Waals surface area contributed by atoms with Crippen LogP contribution in [0.5, 0.6) is 0 Å². The molecule has 0 N–H and O–H groups in total. The predicted octanol–water partition coefficient (Wildman–Crippen LogP) is 15.3. The third kappa shape index (κ3) is 5.85. The van der Waals surface area contributed by atoms with E-state index in [2.05, 4.69) is 258 Å². The molecule has 2 heterocycles. The third-order valence-electron chi connectivity index (χ3n) is 12.8. The lowest BCUT2D eigenvalue weighted by Gasteiger charge is -2.35. The molecule has 9 aromatic carbocycles.